The number of para-hydroxylation sites is 1. The van der Waals surface area contributed by atoms with Gasteiger partial charge < -0.3 is 18.6 Å². The fourth-order valence-corrected chi connectivity index (χ4v) is 3.43. The fraction of sp³-hybridized carbons (Fsp3) is 0.333. The molecule has 1 saturated carbocycles. The number of nitrogens with zero attached hydrogens (tertiary/aromatic N) is 2. The Morgan fingerprint density at radius 3 is 2.77 bits per heavy atom. The van der Waals surface area contributed by atoms with Crippen LogP contribution in [0, 0.1) is 5.92 Å². The first kappa shape index (κ1) is 20.3. The third kappa shape index (κ3) is 4.29. The predicted molar refractivity (Wildman–Crippen MR) is 108 cm³/mol. The smallest absolute Gasteiger partial charge is 0.308 e. The quantitative estimate of drug-likeness (QED) is 0.416. The normalized spacial score (nSPS) is 18.1. The number of ether oxygens (including phenoxy) is 3. The van der Waals surface area contributed by atoms with Crippen molar-refractivity contribution in [3.63, 3.8) is 0 Å². The van der Waals surface area contributed by atoms with Gasteiger partial charge in [-0.25, -0.2) is 0 Å². The van der Waals surface area contributed by atoms with Gasteiger partial charge in [-0.05, 0) is 31.0 Å². The predicted octanol–water partition coefficient (Wildman–Crippen LogP) is 3.25. The van der Waals surface area contributed by atoms with Crippen LogP contribution in [0.4, 0.5) is 0 Å². The van der Waals surface area contributed by atoms with Gasteiger partial charge in [-0.1, -0.05) is 17.7 Å². The second kappa shape index (κ2) is 8.81. The Bertz CT molecular complexity index is 1110. The molecule has 0 spiro atoms. The number of esters is 1. The maximum Gasteiger partial charge on any atom is 0.308 e. The minimum atomic E-state index is -0.210. The number of carbonyl (C=O) groups is 1. The van der Waals surface area contributed by atoms with E-state index < -0.39 is 0 Å². The molecule has 1 aliphatic carbocycles. The van der Waals surface area contributed by atoms with Gasteiger partial charge in [0.15, 0.2) is 16.8 Å². The van der Waals surface area contributed by atoms with Gasteiger partial charge in [0.05, 0.1) is 36.1 Å². The Hall–Kier alpha value is -2.97. The molecule has 4 rings (SSSR count). The van der Waals surface area contributed by atoms with Gasteiger partial charge in [-0.15, -0.1) is 10.2 Å². The Morgan fingerprint density at radius 2 is 2.03 bits per heavy atom. The van der Waals surface area contributed by atoms with Gasteiger partial charge >= 0.3 is 5.97 Å². The first-order valence-corrected chi connectivity index (χ1v) is 9.81. The van der Waals surface area contributed by atoms with Crippen LogP contribution in [0.1, 0.15) is 12.8 Å². The lowest BCUT2D eigenvalue weighted by Gasteiger charge is -2.32. The largest absolute Gasteiger partial charge is 0.474 e. The van der Waals surface area contributed by atoms with E-state index in [0.717, 1.165) is 0 Å². The van der Waals surface area contributed by atoms with Crippen LogP contribution in [0.2, 0.25) is 5.02 Å². The lowest BCUT2D eigenvalue weighted by molar-refractivity contribution is -0.155. The van der Waals surface area contributed by atoms with Crippen LogP contribution < -0.4 is 10.2 Å². The summed E-state index contributed by atoms with van der Waals surface area (Å²) in [5.41, 5.74) is 0.491. The highest BCUT2D eigenvalue weighted by atomic mass is 35.5. The summed E-state index contributed by atoms with van der Waals surface area (Å²) in [4.78, 5) is 23.6. The Morgan fingerprint density at radius 1 is 1.20 bits per heavy atom. The van der Waals surface area contributed by atoms with Crippen LogP contribution in [0.25, 0.3) is 22.4 Å². The molecule has 2 aromatic heterocycles. The summed E-state index contributed by atoms with van der Waals surface area (Å²) in [6.07, 6.45) is 1.39. The average molecular weight is 431 g/mol. The van der Waals surface area contributed by atoms with Crippen LogP contribution in [0.15, 0.2) is 45.6 Å². The second-order valence-corrected chi connectivity index (χ2v) is 7.29. The minimum absolute atomic E-state index is 0.0498. The van der Waals surface area contributed by atoms with Crippen molar-refractivity contribution < 1.29 is 23.4 Å². The molecule has 30 heavy (non-hydrogen) atoms. The van der Waals surface area contributed by atoms with Crippen molar-refractivity contribution >= 4 is 28.5 Å². The summed E-state index contributed by atoms with van der Waals surface area (Å²) >= 11 is 6.13. The maximum atomic E-state index is 12.3. The summed E-state index contributed by atoms with van der Waals surface area (Å²) in [7, 11) is 1.39. The van der Waals surface area contributed by atoms with E-state index in [1.54, 1.807) is 30.3 Å². The minimum Gasteiger partial charge on any atom is -0.474 e. The topological polar surface area (TPSA) is 101 Å². The van der Waals surface area contributed by atoms with E-state index in [9.17, 15) is 9.59 Å². The molecule has 0 N–H and O–H groups in total. The number of halogens is 1. The molecule has 2 heterocycles. The van der Waals surface area contributed by atoms with Crippen LogP contribution in [0.3, 0.4) is 0 Å². The van der Waals surface area contributed by atoms with E-state index in [1.807, 2.05) is 0 Å². The molecule has 0 bridgehead atoms. The van der Waals surface area contributed by atoms with Crippen LogP contribution in [0.5, 0.6) is 5.88 Å². The van der Waals surface area contributed by atoms with Gasteiger partial charge in [0.25, 0.3) is 0 Å². The van der Waals surface area contributed by atoms with E-state index in [-0.39, 0.29) is 29.2 Å². The molecule has 1 aliphatic rings. The summed E-state index contributed by atoms with van der Waals surface area (Å²) in [6.45, 7) is 0.675. The average Bonchev–Trinajstić information content (AvgIpc) is 2.73. The lowest BCUT2D eigenvalue weighted by Crippen LogP contribution is -2.37. The van der Waals surface area contributed by atoms with E-state index >= 15 is 0 Å². The summed E-state index contributed by atoms with van der Waals surface area (Å²) in [5.74, 6) is 0.341. The zero-order chi connectivity index (χ0) is 21.1. The number of methoxy groups -OCH3 is 1. The highest BCUT2D eigenvalue weighted by molar-refractivity contribution is 6.34. The van der Waals surface area contributed by atoms with Crippen molar-refractivity contribution in [2.75, 3.05) is 20.3 Å². The molecule has 9 heteroatoms. The zero-order valence-electron chi connectivity index (χ0n) is 16.2. The van der Waals surface area contributed by atoms with E-state index in [0.29, 0.717) is 53.6 Å². The molecular formula is C21H19ClN2O6. The highest BCUT2D eigenvalue weighted by Gasteiger charge is 2.35. The molecule has 1 fully saturated rings. The summed E-state index contributed by atoms with van der Waals surface area (Å²) < 4.78 is 21.6. The molecule has 1 aromatic carbocycles. The van der Waals surface area contributed by atoms with E-state index in [4.69, 9.17) is 30.2 Å². The molecule has 8 nitrogen and oxygen atoms in total. The monoisotopic (exact) mass is 430 g/mol. The summed E-state index contributed by atoms with van der Waals surface area (Å²) in [5, 5.41) is 8.82. The zero-order valence-corrected chi connectivity index (χ0v) is 16.9. The number of benzene rings is 1. The molecular weight excluding hydrogens is 412 g/mol. The number of hydrogen-bond acceptors (Lipinski definition) is 8. The van der Waals surface area contributed by atoms with Gasteiger partial charge in [0.2, 0.25) is 5.88 Å². The molecule has 0 radical (unpaired) electrons. The van der Waals surface area contributed by atoms with Crippen molar-refractivity contribution in [3.8, 4) is 17.3 Å². The van der Waals surface area contributed by atoms with Crippen molar-refractivity contribution in [2.24, 2.45) is 5.92 Å². The fourth-order valence-electron chi connectivity index (χ4n) is 3.22. The molecule has 156 valence electrons. The number of aromatic nitrogens is 2. The molecule has 0 saturated heterocycles. The Labute approximate surface area is 176 Å². The standard InChI is InChI=1S/C21H19ClN2O6/c1-27-21(26)12-9-13(10-12)28-7-8-29-19-6-5-16(23-24-19)18-11-17(25)14-3-2-4-15(22)20(14)30-18/h2-6,11-13H,7-10H2,1H3. The lowest BCUT2D eigenvalue weighted by atomic mass is 9.82. The Balaban J connectivity index is 1.32. The Kier molecular flexibility index (Phi) is 5.96. The third-order valence-corrected chi connectivity index (χ3v) is 5.21. The third-order valence-electron chi connectivity index (χ3n) is 4.92. The first-order chi connectivity index (χ1) is 14.5. The molecule has 0 atom stereocenters. The molecule has 0 aliphatic heterocycles. The van der Waals surface area contributed by atoms with Gasteiger partial charge in [0, 0.05) is 12.1 Å². The number of fused-ring (bicyclic) bond motifs is 1. The molecule has 0 unspecified atom stereocenters. The van der Waals surface area contributed by atoms with Crippen molar-refractivity contribution in [1.29, 1.82) is 0 Å². The van der Waals surface area contributed by atoms with Crippen molar-refractivity contribution in [1.82, 2.24) is 10.2 Å². The maximum absolute atomic E-state index is 12.3. The number of rotatable bonds is 7. The second-order valence-electron chi connectivity index (χ2n) is 6.88. The SMILES string of the molecule is COC(=O)C1CC(OCCOc2ccc(-c3cc(=O)c4cccc(Cl)c4o3)nn2)C1. The van der Waals surface area contributed by atoms with Gasteiger partial charge in [-0.2, -0.15) is 0 Å². The van der Waals surface area contributed by atoms with Gasteiger partial charge in [0.1, 0.15) is 12.3 Å². The number of hydrogen-bond donors (Lipinski definition) is 0. The summed E-state index contributed by atoms with van der Waals surface area (Å²) in [6, 6.07) is 9.64. The van der Waals surface area contributed by atoms with Crippen LogP contribution >= 0.6 is 11.6 Å². The first-order valence-electron chi connectivity index (χ1n) is 9.44. The molecule has 0 amide bonds. The van der Waals surface area contributed by atoms with Crippen molar-refractivity contribution in [3.05, 3.63) is 51.6 Å². The molecule has 3 aromatic rings. The van der Waals surface area contributed by atoms with Crippen LogP contribution in [-0.2, 0) is 14.3 Å². The highest BCUT2D eigenvalue weighted by Crippen LogP contribution is 2.31. The van der Waals surface area contributed by atoms with Crippen LogP contribution in [-0.4, -0.2) is 42.6 Å². The van der Waals surface area contributed by atoms with E-state index in [1.165, 1.54) is 13.2 Å². The van der Waals surface area contributed by atoms with Gasteiger partial charge in [-0.3, -0.25) is 9.59 Å². The number of carbonyl (C=O) groups excluding carboxylic acids is 1. The van der Waals surface area contributed by atoms with Crippen molar-refractivity contribution in [2.45, 2.75) is 18.9 Å². The van der Waals surface area contributed by atoms with E-state index in [2.05, 4.69) is 10.2 Å².